The minimum atomic E-state index is -1.40. The molecule has 1 N–H and O–H groups in total. The second kappa shape index (κ2) is 10.2. The molecule has 1 heterocycles. The van der Waals surface area contributed by atoms with Gasteiger partial charge in [-0.3, -0.25) is 4.79 Å². The van der Waals surface area contributed by atoms with E-state index in [-0.39, 0.29) is 11.0 Å². The fourth-order valence-electron chi connectivity index (χ4n) is 4.10. The van der Waals surface area contributed by atoms with Gasteiger partial charge in [-0.05, 0) is 48.1 Å². The first-order chi connectivity index (χ1) is 15.5. The van der Waals surface area contributed by atoms with Gasteiger partial charge in [0.25, 0.3) is 0 Å². The molecule has 1 aromatic heterocycles. The van der Waals surface area contributed by atoms with Gasteiger partial charge in [-0.15, -0.1) is 0 Å². The fraction of sp³-hybridized carbons (Fsp3) is 0.280. The van der Waals surface area contributed by atoms with E-state index in [0.717, 1.165) is 41.7 Å². The van der Waals surface area contributed by atoms with Crippen molar-refractivity contribution < 1.29 is 19.4 Å². The SMILES string of the molecule is O=C(O)Oc1sc(-c2ccccc2)cc1N(Cc1ccc(Cl)cc1)C(=O)CC1CCCC1. The Morgan fingerprint density at radius 3 is 2.41 bits per heavy atom. The second-order valence-electron chi connectivity index (χ2n) is 7.98. The van der Waals surface area contributed by atoms with E-state index >= 15 is 0 Å². The van der Waals surface area contributed by atoms with Crippen molar-refractivity contribution in [3.8, 4) is 15.5 Å². The summed E-state index contributed by atoms with van der Waals surface area (Å²) in [5.74, 6) is 0.339. The maximum atomic E-state index is 13.5. The lowest BCUT2D eigenvalue weighted by atomic mass is 10.0. The number of hydrogen-bond acceptors (Lipinski definition) is 4. The van der Waals surface area contributed by atoms with Crippen molar-refractivity contribution in [2.24, 2.45) is 5.92 Å². The molecule has 3 aromatic rings. The first kappa shape index (κ1) is 22.4. The van der Waals surface area contributed by atoms with Crippen molar-refractivity contribution in [2.75, 3.05) is 4.90 Å². The molecule has 0 bridgehead atoms. The van der Waals surface area contributed by atoms with Gasteiger partial charge >= 0.3 is 6.16 Å². The topological polar surface area (TPSA) is 66.8 Å². The minimum Gasteiger partial charge on any atom is -0.449 e. The molecule has 1 saturated carbocycles. The number of rotatable bonds is 7. The fourth-order valence-corrected chi connectivity index (χ4v) is 5.24. The van der Waals surface area contributed by atoms with Crippen molar-refractivity contribution in [3.05, 3.63) is 71.2 Å². The molecule has 1 aliphatic carbocycles. The number of carbonyl (C=O) groups is 2. The number of carbonyl (C=O) groups excluding carboxylic acids is 1. The van der Waals surface area contributed by atoms with Gasteiger partial charge in [0.15, 0.2) is 0 Å². The van der Waals surface area contributed by atoms with Crippen LogP contribution >= 0.6 is 22.9 Å². The Morgan fingerprint density at radius 2 is 1.75 bits per heavy atom. The number of nitrogens with zero attached hydrogens (tertiary/aromatic N) is 1. The summed E-state index contributed by atoms with van der Waals surface area (Å²) in [6.45, 7) is 0.309. The summed E-state index contributed by atoms with van der Waals surface area (Å²) in [6, 6.07) is 18.8. The highest BCUT2D eigenvalue weighted by molar-refractivity contribution is 7.18. The van der Waals surface area contributed by atoms with Crippen molar-refractivity contribution in [2.45, 2.75) is 38.6 Å². The summed E-state index contributed by atoms with van der Waals surface area (Å²) < 4.78 is 5.13. The number of halogens is 1. The van der Waals surface area contributed by atoms with Crippen LogP contribution in [0.3, 0.4) is 0 Å². The van der Waals surface area contributed by atoms with Gasteiger partial charge in [0.05, 0.1) is 12.2 Å². The predicted octanol–water partition coefficient (Wildman–Crippen LogP) is 7.24. The lowest BCUT2D eigenvalue weighted by Gasteiger charge is -2.24. The molecule has 7 heteroatoms. The van der Waals surface area contributed by atoms with Gasteiger partial charge in [-0.2, -0.15) is 0 Å². The number of hydrogen-bond donors (Lipinski definition) is 1. The van der Waals surface area contributed by atoms with Crippen molar-refractivity contribution in [1.29, 1.82) is 0 Å². The third kappa shape index (κ3) is 5.50. The number of ether oxygens (including phenoxy) is 1. The number of carboxylic acid groups (broad SMARTS) is 1. The normalized spacial score (nSPS) is 13.8. The molecular weight excluding hydrogens is 446 g/mol. The smallest absolute Gasteiger partial charge is 0.449 e. The zero-order valence-electron chi connectivity index (χ0n) is 17.5. The van der Waals surface area contributed by atoms with Crippen molar-refractivity contribution >= 4 is 40.7 Å². The van der Waals surface area contributed by atoms with Gasteiger partial charge < -0.3 is 14.7 Å². The molecule has 0 aliphatic heterocycles. The summed E-state index contributed by atoms with van der Waals surface area (Å²) in [5.41, 5.74) is 2.32. The standard InChI is InChI=1S/C25H24ClNO4S/c26-20-12-10-18(11-13-20)16-27(23(28)14-17-6-4-5-7-17)21-15-22(19-8-2-1-3-9-19)32-24(21)31-25(29)30/h1-3,8-13,15,17H,4-7,14,16H2,(H,29,30). The highest BCUT2D eigenvalue weighted by Gasteiger charge is 2.28. The third-order valence-electron chi connectivity index (χ3n) is 5.70. The Kier molecular flexibility index (Phi) is 7.12. The van der Waals surface area contributed by atoms with Crippen LogP contribution < -0.4 is 9.64 Å². The predicted molar refractivity (Wildman–Crippen MR) is 128 cm³/mol. The quantitative estimate of drug-likeness (QED) is 0.370. The molecule has 1 amide bonds. The van der Waals surface area contributed by atoms with Gasteiger partial charge in [-0.25, -0.2) is 4.79 Å². The van der Waals surface area contributed by atoms with E-state index in [2.05, 4.69) is 0 Å². The van der Waals surface area contributed by atoms with Crippen LogP contribution in [0, 0.1) is 5.92 Å². The molecule has 1 aliphatic rings. The molecule has 32 heavy (non-hydrogen) atoms. The van der Waals surface area contributed by atoms with Crippen LogP contribution in [0.15, 0.2) is 60.7 Å². The summed E-state index contributed by atoms with van der Waals surface area (Å²) in [6.07, 6.45) is 3.45. The van der Waals surface area contributed by atoms with Crippen LogP contribution in [-0.4, -0.2) is 17.2 Å². The van der Waals surface area contributed by atoms with Crippen LogP contribution in [0.2, 0.25) is 5.02 Å². The van der Waals surface area contributed by atoms with Gasteiger partial charge in [0.2, 0.25) is 11.0 Å². The summed E-state index contributed by atoms with van der Waals surface area (Å²) in [7, 11) is 0. The number of amides is 1. The zero-order valence-corrected chi connectivity index (χ0v) is 19.1. The second-order valence-corrected chi connectivity index (χ2v) is 9.43. The number of anilines is 1. The Labute approximate surface area is 196 Å². The van der Waals surface area contributed by atoms with Crippen molar-refractivity contribution in [1.82, 2.24) is 0 Å². The highest BCUT2D eigenvalue weighted by Crippen LogP contribution is 2.44. The molecule has 5 nitrogen and oxygen atoms in total. The average molecular weight is 470 g/mol. The summed E-state index contributed by atoms with van der Waals surface area (Å²) >= 11 is 7.26. The molecule has 2 aromatic carbocycles. The third-order valence-corrected chi connectivity index (χ3v) is 7.01. The van der Waals surface area contributed by atoms with Gasteiger partial charge in [0, 0.05) is 16.3 Å². The Balaban J connectivity index is 1.72. The van der Waals surface area contributed by atoms with E-state index in [1.807, 2.05) is 48.5 Å². The van der Waals surface area contributed by atoms with Crippen LogP contribution in [-0.2, 0) is 11.3 Å². The Hall–Kier alpha value is -2.83. The molecule has 0 spiro atoms. The first-order valence-electron chi connectivity index (χ1n) is 10.6. The lowest BCUT2D eigenvalue weighted by molar-refractivity contribution is -0.119. The van der Waals surface area contributed by atoms with Crippen LogP contribution in [0.25, 0.3) is 10.4 Å². The summed E-state index contributed by atoms with van der Waals surface area (Å²) in [4.78, 5) is 27.4. The molecule has 4 rings (SSSR count). The zero-order chi connectivity index (χ0) is 22.5. The largest absolute Gasteiger partial charge is 0.512 e. The molecule has 0 radical (unpaired) electrons. The van der Waals surface area contributed by atoms with Crippen molar-refractivity contribution in [3.63, 3.8) is 0 Å². The number of thiophene rings is 1. The monoisotopic (exact) mass is 469 g/mol. The molecule has 0 saturated heterocycles. The minimum absolute atomic E-state index is 0.0282. The van der Waals surface area contributed by atoms with Crippen LogP contribution in [0.5, 0.6) is 5.06 Å². The Morgan fingerprint density at radius 1 is 1.06 bits per heavy atom. The van der Waals surface area contributed by atoms with E-state index in [4.69, 9.17) is 16.3 Å². The van der Waals surface area contributed by atoms with E-state index in [1.165, 1.54) is 11.3 Å². The Bertz CT molecular complexity index is 1080. The molecule has 0 unspecified atom stereocenters. The van der Waals surface area contributed by atoms with Gasteiger partial charge in [-0.1, -0.05) is 78.2 Å². The van der Waals surface area contributed by atoms with E-state index in [1.54, 1.807) is 17.0 Å². The highest BCUT2D eigenvalue weighted by atomic mass is 35.5. The molecule has 0 atom stereocenters. The first-order valence-corrected chi connectivity index (χ1v) is 11.8. The van der Waals surface area contributed by atoms with Crippen LogP contribution in [0.4, 0.5) is 10.5 Å². The average Bonchev–Trinajstić information content (AvgIpc) is 3.43. The van der Waals surface area contributed by atoms with Gasteiger partial charge in [0.1, 0.15) is 0 Å². The van der Waals surface area contributed by atoms with E-state index < -0.39 is 6.16 Å². The number of benzene rings is 2. The van der Waals surface area contributed by atoms with Crippen LogP contribution in [0.1, 0.15) is 37.7 Å². The van der Waals surface area contributed by atoms with E-state index in [0.29, 0.717) is 29.6 Å². The lowest BCUT2D eigenvalue weighted by Crippen LogP contribution is -2.31. The molecular formula is C25H24ClNO4S. The summed E-state index contributed by atoms with van der Waals surface area (Å²) in [5, 5.41) is 10.1. The maximum absolute atomic E-state index is 13.5. The van der Waals surface area contributed by atoms with E-state index in [9.17, 15) is 14.7 Å². The molecule has 1 fully saturated rings. The maximum Gasteiger partial charge on any atom is 0.512 e. The molecule has 166 valence electrons.